The second-order valence-electron chi connectivity index (χ2n) is 6.67. The predicted molar refractivity (Wildman–Crippen MR) is 101 cm³/mol. The third kappa shape index (κ3) is 3.07. The molecule has 0 aliphatic carbocycles. The van der Waals surface area contributed by atoms with Crippen molar-refractivity contribution in [3.05, 3.63) is 47.0 Å². The zero-order chi connectivity index (χ0) is 19.1. The van der Waals surface area contributed by atoms with Gasteiger partial charge in [0.2, 0.25) is 0 Å². The molecule has 1 aromatic heterocycles. The number of benzene rings is 2. The highest BCUT2D eigenvalue weighted by atomic mass is 32.2. The van der Waals surface area contributed by atoms with Crippen molar-refractivity contribution < 1.29 is 13.2 Å². The normalized spacial score (nSPS) is 12.1. The van der Waals surface area contributed by atoms with Gasteiger partial charge in [0.15, 0.2) is 0 Å². The van der Waals surface area contributed by atoms with Crippen LogP contribution in [0, 0.1) is 13.8 Å². The third-order valence-electron chi connectivity index (χ3n) is 4.33. The fourth-order valence-electron chi connectivity index (χ4n) is 3.05. The molecule has 0 saturated carbocycles. The zero-order valence-corrected chi connectivity index (χ0v) is 16.5. The van der Waals surface area contributed by atoms with Crippen molar-refractivity contribution in [3.63, 3.8) is 0 Å². The quantitative estimate of drug-likeness (QED) is 0.680. The number of aryl methyl sites for hydroxylation is 2. The maximum absolute atomic E-state index is 13.4. The topological polar surface area (TPSA) is 74.1 Å². The van der Waals surface area contributed by atoms with Gasteiger partial charge in [0.25, 0.3) is 10.0 Å². The van der Waals surface area contributed by atoms with Gasteiger partial charge in [-0.1, -0.05) is 25.1 Å². The number of rotatable bonds is 5. The van der Waals surface area contributed by atoms with Crippen LogP contribution in [0.3, 0.4) is 0 Å². The largest absolute Gasteiger partial charge is 0.492 e. The molecule has 3 aromatic rings. The smallest absolute Gasteiger partial charge is 0.288 e. The van der Waals surface area contributed by atoms with Gasteiger partial charge in [-0.25, -0.2) is 0 Å². The van der Waals surface area contributed by atoms with Crippen LogP contribution in [0.2, 0.25) is 0 Å². The van der Waals surface area contributed by atoms with E-state index in [9.17, 15) is 8.42 Å². The van der Waals surface area contributed by atoms with Crippen LogP contribution < -0.4 is 4.74 Å². The minimum absolute atomic E-state index is 0.112. The highest BCUT2D eigenvalue weighted by molar-refractivity contribution is 7.90. The molecule has 6 nitrogen and oxygen atoms in total. The summed E-state index contributed by atoms with van der Waals surface area (Å²) >= 11 is 0. The predicted octanol–water partition coefficient (Wildman–Crippen LogP) is 3.81. The Bertz CT molecular complexity index is 1070. The average molecular weight is 373 g/mol. The van der Waals surface area contributed by atoms with Gasteiger partial charge in [0.05, 0.1) is 6.61 Å². The van der Waals surface area contributed by atoms with E-state index in [4.69, 9.17) is 4.74 Å². The highest BCUT2D eigenvalue weighted by Crippen LogP contribution is 2.33. The Morgan fingerprint density at radius 2 is 1.88 bits per heavy atom. The van der Waals surface area contributed by atoms with E-state index in [0.29, 0.717) is 23.4 Å². The van der Waals surface area contributed by atoms with Crippen LogP contribution in [0.1, 0.15) is 43.4 Å². The minimum atomic E-state index is -3.94. The summed E-state index contributed by atoms with van der Waals surface area (Å²) in [7, 11) is -3.94. The van der Waals surface area contributed by atoms with E-state index in [0.717, 1.165) is 20.8 Å². The molecule has 0 radical (unpaired) electrons. The molecule has 0 N–H and O–H groups in total. The summed E-state index contributed by atoms with van der Waals surface area (Å²) in [6.07, 6.45) is 0. The Kier molecular flexibility index (Phi) is 4.75. The second kappa shape index (κ2) is 6.72. The number of ether oxygens (including phenoxy) is 1. The van der Waals surface area contributed by atoms with Crippen molar-refractivity contribution in [3.8, 4) is 5.75 Å². The van der Waals surface area contributed by atoms with Gasteiger partial charge in [-0.2, -0.15) is 8.42 Å². The number of aromatic nitrogens is 3. The lowest BCUT2D eigenvalue weighted by molar-refractivity contribution is 0.330. The molecule has 7 heteroatoms. The Balaban J connectivity index is 2.27. The van der Waals surface area contributed by atoms with Gasteiger partial charge in [0.1, 0.15) is 21.7 Å². The fraction of sp³-hybridized carbons (Fsp3) is 0.368. The number of hydrogen-bond acceptors (Lipinski definition) is 5. The van der Waals surface area contributed by atoms with E-state index in [-0.39, 0.29) is 10.8 Å². The maximum Gasteiger partial charge on any atom is 0.288 e. The van der Waals surface area contributed by atoms with E-state index in [2.05, 4.69) is 10.3 Å². The van der Waals surface area contributed by atoms with Crippen molar-refractivity contribution in [1.29, 1.82) is 0 Å². The first kappa shape index (κ1) is 18.4. The molecule has 0 unspecified atom stereocenters. The van der Waals surface area contributed by atoms with Crippen molar-refractivity contribution in [2.75, 3.05) is 6.61 Å². The summed E-state index contributed by atoms with van der Waals surface area (Å²) < 4.78 is 33.3. The Morgan fingerprint density at radius 3 is 2.54 bits per heavy atom. The summed E-state index contributed by atoms with van der Waals surface area (Å²) in [6.45, 7) is 10.2. The fourth-order valence-corrected chi connectivity index (χ4v) is 4.43. The third-order valence-corrected chi connectivity index (χ3v) is 5.93. The SMILES string of the molecule is CCOc1cc(C)c(C(C)C)cc1S(=O)(=O)n1nnc2cc(C)ccc21. The van der Waals surface area contributed by atoms with Gasteiger partial charge in [0, 0.05) is 0 Å². The van der Waals surface area contributed by atoms with Crippen molar-refractivity contribution in [1.82, 2.24) is 14.4 Å². The molecule has 0 atom stereocenters. The molecule has 0 aliphatic rings. The van der Waals surface area contributed by atoms with Gasteiger partial charge in [-0.05, 0) is 67.6 Å². The van der Waals surface area contributed by atoms with Gasteiger partial charge < -0.3 is 4.74 Å². The molecule has 0 saturated heterocycles. The monoisotopic (exact) mass is 373 g/mol. The lowest BCUT2D eigenvalue weighted by Gasteiger charge is -2.17. The summed E-state index contributed by atoms with van der Waals surface area (Å²) in [4.78, 5) is 0.112. The van der Waals surface area contributed by atoms with Gasteiger partial charge in [-0.3, -0.25) is 0 Å². The lowest BCUT2D eigenvalue weighted by atomic mass is 9.98. The molecular weight excluding hydrogens is 350 g/mol. The number of fused-ring (bicyclic) bond motifs is 1. The van der Waals surface area contributed by atoms with Crippen LogP contribution in [0.25, 0.3) is 11.0 Å². The standard InChI is InChI=1S/C19H23N3O3S/c1-6-25-18-10-14(5)15(12(2)3)11-19(18)26(23,24)22-17-8-7-13(4)9-16(17)20-21-22/h7-12H,6H2,1-5H3. The number of hydrogen-bond donors (Lipinski definition) is 0. The molecule has 0 spiro atoms. The molecule has 2 aromatic carbocycles. The molecule has 26 heavy (non-hydrogen) atoms. The molecular formula is C19H23N3O3S. The van der Waals surface area contributed by atoms with E-state index in [1.165, 1.54) is 0 Å². The van der Waals surface area contributed by atoms with E-state index in [1.807, 2.05) is 46.8 Å². The summed E-state index contributed by atoms with van der Waals surface area (Å²) in [6, 6.07) is 8.86. The van der Waals surface area contributed by atoms with Gasteiger partial charge in [-0.15, -0.1) is 9.19 Å². The van der Waals surface area contributed by atoms with Crippen LogP contribution in [0.5, 0.6) is 5.75 Å². The van der Waals surface area contributed by atoms with Crippen LogP contribution >= 0.6 is 0 Å². The number of nitrogens with zero attached hydrogens (tertiary/aromatic N) is 3. The molecule has 0 bridgehead atoms. The highest BCUT2D eigenvalue weighted by Gasteiger charge is 2.27. The first-order valence-electron chi connectivity index (χ1n) is 8.60. The molecule has 0 amide bonds. The van der Waals surface area contributed by atoms with Crippen LogP contribution in [-0.2, 0) is 10.0 Å². The molecule has 1 heterocycles. The van der Waals surface area contributed by atoms with Crippen molar-refractivity contribution in [2.45, 2.75) is 45.4 Å². The lowest BCUT2D eigenvalue weighted by Crippen LogP contribution is -2.17. The van der Waals surface area contributed by atoms with Crippen molar-refractivity contribution in [2.24, 2.45) is 0 Å². The maximum atomic E-state index is 13.4. The van der Waals surface area contributed by atoms with Crippen molar-refractivity contribution >= 4 is 21.1 Å². The van der Waals surface area contributed by atoms with E-state index >= 15 is 0 Å². The zero-order valence-electron chi connectivity index (χ0n) is 15.6. The van der Waals surface area contributed by atoms with E-state index in [1.54, 1.807) is 18.2 Å². The average Bonchev–Trinajstić information content (AvgIpc) is 2.98. The van der Waals surface area contributed by atoms with Crippen LogP contribution in [0.15, 0.2) is 35.2 Å². The van der Waals surface area contributed by atoms with E-state index < -0.39 is 10.0 Å². The molecule has 138 valence electrons. The first-order valence-corrected chi connectivity index (χ1v) is 10.0. The Hall–Kier alpha value is -2.41. The molecule has 0 fully saturated rings. The minimum Gasteiger partial charge on any atom is -0.492 e. The molecule has 3 rings (SSSR count). The van der Waals surface area contributed by atoms with Crippen LogP contribution in [-0.4, -0.2) is 29.4 Å². The summed E-state index contributed by atoms with van der Waals surface area (Å²) in [5.74, 6) is 0.528. The van der Waals surface area contributed by atoms with Crippen LogP contribution in [0.4, 0.5) is 0 Å². The Labute approximate surface area is 153 Å². The van der Waals surface area contributed by atoms with Gasteiger partial charge >= 0.3 is 0 Å². The summed E-state index contributed by atoms with van der Waals surface area (Å²) in [5, 5.41) is 7.92. The first-order chi connectivity index (χ1) is 12.3. The summed E-state index contributed by atoms with van der Waals surface area (Å²) in [5.41, 5.74) is 3.95. The molecule has 0 aliphatic heterocycles. The Morgan fingerprint density at radius 1 is 1.15 bits per heavy atom. The second-order valence-corrected chi connectivity index (χ2v) is 8.41.